The van der Waals surface area contributed by atoms with E-state index in [4.69, 9.17) is 0 Å². The smallest absolute Gasteiger partial charge is 0.281 e. The second-order valence-corrected chi connectivity index (χ2v) is 3.26. The van der Waals surface area contributed by atoms with Gasteiger partial charge in [-0.15, -0.1) is 0 Å². The van der Waals surface area contributed by atoms with E-state index in [0.29, 0.717) is 10.1 Å². The molecule has 1 aliphatic heterocycles. The zero-order chi connectivity index (χ0) is 11.2. The van der Waals surface area contributed by atoms with Gasteiger partial charge in [-0.05, 0) is 24.6 Å². The minimum atomic E-state index is -0.825. The molecule has 1 aromatic rings. The lowest BCUT2D eigenvalue weighted by molar-refractivity contribution is 0.148. The van der Waals surface area contributed by atoms with Gasteiger partial charge in [-0.1, -0.05) is 6.07 Å². The Labute approximate surface area is 85.4 Å². The Balaban J connectivity index is 2.62. The largest absolute Gasteiger partial charge is 0.489 e. The molecule has 4 N–H and O–H groups in total. The number of benzene rings is 1. The highest BCUT2D eigenvalue weighted by Gasteiger charge is 2.29. The topological polar surface area (TPSA) is 87.4 Å². The van der Waals surface area contributed by atoms with Gasteiger partial charge < -0.3 is 10.2 Å². The van der Waals surface area contributed by atoms with E-state index in [2.05, 4.69) is 0 Å². The molecule has 0 bridgehead atoms. The summed E-state index contributed by atoms with van der Waals surface area (Å²) in [5, 5.41) is 38.2. The summed E-state index contributed by atoms with van der Waals surface area (Å²) in [5.74, 6) is -1.65. The van der Waals surface area contributed by atoms with Crippen molar-refractivity contribution in [3.8, 4) is 0 Å². The Bertz CT molecular complexity index is 444. The number of nitrogens with zero attached hydrogens (tertiary/aromatic N) is 2. The van der Waals surface area contributed by atoms with E-state index in [9.17, 15) is 20.6 Å². The van der Waals surface area contributed by atoms with Crippen LogP contribution >= 0.6 is 0 Å². The van der Waals surface area contributed by atoms with Crippen LogP contribution < -0.4 is 10.1 Å². The van der Waals surface area contributed by atoms with E-state index >= 15 is 0 Å². The van der Waals surface area contributed by atoms with Gasteiger partial charge in [-0.25, -0.2) is 0 Å². The molecule has 1 heterocycles. The van der Waals surface area contributed by atoms with Crippen LogP contribution in [0.2, 0.25) is 0 Å². The monoisotopic (exact) mass is 210 g/mol. The molecule has 0 fully saturated rings. The van der Waals surface area contributed by atoms with E-state index < -0.39 is 11.8 Å². The summed E-state index contributed by atoms with van der Waals surface area (Å²) in [6.07, 6.45) is 0. The first-order valence-corrected chi connectivity index (χ1v) is 4.23. The lowest BCUT2D eigenvalue weighted by Crippen LogP contribution is -2.32. The predicted molar refractivity (Wildman–Crippen MR) is 52.0 cm³/mol. The Morgan fingerprint density at radius 3 is 2.07 bits per heavy atom. The molecular formula is C9H10N2O4. The third-order valence-electron chi connectivity index (χ3n) is 2.19. The van der Waals surface area contributed by atoms with Crippen molar-refractivity contribution < 1.29 is 20.6 Å². The predicted octanol–water partition coefficient (Wildman–Crippen LogP) is 1.64. The van der Waals surface area contributed by atoms with Gasteiger partial charge in [-0.2, -0.15) is 10.1 Å². The Morgan fingerprint density at radius 1 is 0.933 bits per heavy atom. The van der Waals surface area contributed by atoms with Crippen molar-refractivity contribution in [2.45, 2.75) is 6.92 Å². The van der Waals surface area contributed by atoms with Crippen LogP contribution in [0.4, 0.5) is 11.4 Å². The van der Waals surface area contributed by atoms with E-state index in [1.807, 2.05) is 0 Å². The van der Waals surface area contributed by atoms with Crippen LogP contribution in [0.15, 0.2) is 30.0 Å². The zero-order valence-electron chi connectivity index (χ0n) is 7.92. The molecule has 2 rings (SSSR count). The van der Waals surface area contributed by atoms with Crippen LogP contribution in [0.25, 0.3) is 0 Å². The molecule has 0 amide bonds. The molecular weight excluding hydrogens is 200 g/mol. The summed E-state index contributed by atoms with van der Waals surface area (Å²) in [6.45, 7) is 1.80. The average molecular weight is 210 g/mol. The molecule has 0 aromatic heterocycles. The highest BCUT2D eigenvalue weighted by atomic mass is 16.6. The Morgan fingerprint density at radius 2 is 1.47 bits per heavy atom. The molecule has 1 aliphatic rings. The SMILES string of the molecule is Cc1ccc2c(c1)N(O)C(O)=C(O)N2O. The molecule has 0 radical (unpaired) electrons. The minimum Gasteiger partial charge on any atom is -0.489 e. The van der Waals surface area contributed by atoms with Crippen molar-refractivity contribution in [3.63, 3.8) is 0 Å². The summed E-state index contributed by atoms with van der Waals surface area (Å²) >= 11 is 0. The van der Waals surface area contributed by atoms with Gasteiger partial charge in [0.15, 0.2) is 0 Å². The molecule has 1 aromatic carbocycles. The zero-order valence-corrected chi connectivity index (χ0v) is 7.92. The fraction of sp³-hybridized carbons (Fsp3) is 0.111. The number of rotatable bonds is 0. The number of aliphatic hydroxyl groups is 2. The molecule has 0 unspecified atom stereocenters. The summed E-state index contributed by atoms with van der Waals surface area (Å²) < 4.78 is 0. The molecule has 15 heavy (non-hydrogen) atoms. The van der Waals surface area contributed by atoms with Crippen LogP contribution in [0, 0.1) is 6.92 Å². The first-order valence-electron chi connectivity index (χ1n) is 4.23. The number of hydrogen-bond donors (Lipinski definition) is 4. The van der Waals surface area contributed by atoms with Gasteiger partial charge in [-0.3, -0.25) is 10.4 Å². The molecule has 0 atom stereocenters. The molecule has 6 nitrogen and oxygen atoms in total. The maximum Gasteiger partial charge on any atom is 0.281 e. The molecule has 0 saturated heterocycles. The number of hydrogen-bond acceptors (Lipinski definition) is 6. The van der Waals surface area contributed by atoms with Crippen molar-refractivity contribution >= 4 is 11.4 Å². The summed E-state index contributed by atoms with van der Waals surface area (Å²) in [6, 6.07) is 4.77. The first kappa shape index (κ1) is 9.63. The van der Waals surface area contributed by atoms with E-state index in [-0.39, 0.29) is 11.4 Å². The molecule has 0 saturated carbocycles. The highest BCUT2D eigenvalue weighted by molar-refractivity contribution is 5.75. The lowest BCUT2D eigenvalue weighted by atomic mass is 10.1. The summed E-state index contributed by atoms with van der Waals surface area (Å²) in [4.78, 5) is 0. The highest BCUT2D eigenvalue weighted by Crippen LogP contribution is 2.36. The van der Waals surface area contributed by atoms with Crippen LogP contribution in [0.1, 0.15) is 5.56 Å². The van der Waals surface area contributed by atoms with Crippen molar-refractivity contribution in [2.24, 2.45) is 0 Å². The Kier molecular flexibility index (Phi) is 1.95. The number of aryl methyl sites for hydroxylation is 1. The van der Waals surface area contributed by atoms with E-state index in [1.165, 1.54) is 6.07 Å². The second kappa shape index (κ2) is 3.04. The molecule has 80 valence electrons. The Hall–Kier alpha value is -1.92. The fourth-order valence-electron chi connectivity index (χ4n) is 1.40. The summed E-state index contributed by atoms with van der Waals surface area (Å²) in [5.41, 5.74) is 1.21. The first-order chi connectivity index (χ1) is 7.02. The number of fused-ring (bicyclic) bond motifs is 1. The van der Waals surface area contributed by atoms with Crippen LogP contribution in [-0.4, -0.2) is 20.6 Å². The number of anilines is 2. The van der Waals surface area contributed by atoms with Gasteiger partial charge in [0.1, 0.15) is 0 Å². The van der Waals surface area contributed by atoms with Crippen LogP contribution in [0.3, 0.4) is 0 Å². The summed E-state index contributed by atoms with van der Waals surface area (Å²) in [7, 11) is 0. The van der Waals surface area contributed by atoms with Gasteiger partial charge in [0, 0.05) is 0 Å². The van der Waals surface area contributed by atoms with Crippen LogP contribution in [-0.2, 0) is 0 Å². The normalized spacial score (nSPS) is 15.7. The second-order valence-electron chi connectivity index (χ2n) is 3.26. The standard InChI is InChI=1S/C9H10N2O4/c1-5-2-3-6-7(4-5)11(15)9(13)8(12)10(6)14/h2-4,12-15H,1H3. The third kappa shape index (κ3) is 1.27. The van der Waals surface area contributed by atoms with Crippen molar-refractivity contribution in [1.29, 1.82) is 0 Å². The van der Waals surface area contributed by atoms with Crippen molar-refractivity contribution in [1.82, 2.24) is 0 Å². The van der Waals surface area contributed by atoms with E-state index in [0.717, 1.165) is 5.56 Å². The quantitative estimate of drug-likeness (QED) is 0.520. The molecule has 0 aliphatic carbocycles. The third-order valence-corrected chi connectivity index (χ3v) is 2.19. The lowest BCUT2D eigenvalue weighted by Gasteiger charge is -2.29. The van der Waals surface area contributed by atoms with Gasteiger partial charge in [0.2, 0.25) is 0 Å². The number of aliphatic hydroxyl groups excluding tert-OH is 2. The van der Waals surface area contributed by atoms with E-state index in [1.54, 1.807) is 19.1 Å². The molecule has 0 spiro atoms. The number of hydroxylamine groups is 2. The maximum absolute atomic E-state index is 9.47. The molecule has 6 heteroatoms. The van der Waals surface area contributed by atoms with Crippen molar-refractivity contribution in [2.75, 3.05) is 10.1 Å². The van der Waals surface area contributed by atoms with Crippen LogP contribution in [0.5, 0.6) is 0 Å². The minimum absolute atomic E-state index is 0.179. The fourth-order valence-corrected chi connectivity index (χ4v) is 1.40. The maximum atomic E-state index is 9.47. The van der Waals surface area contributed by atoms with Crippen molar-refractivity contribution in [3.05, 3.63) is 35.5 Å². The van der Waals surface area contributed by atoms with Gasteiger partial charge in [0.05, 0.1) is 11.4 Å². The average Bonchev–Trinajstić information content (AvgIpc) is 2.23. The van der Waals surface area contributed by atoms with Gasteiger partial charge in [0.25, 0.3) is 11.8 Å². The van der Waals surface area contributed by atoms with Gasteiger partial charge >= 0.3 is 0 Å².